The van der Waals surface area contributed by atoms with Gasteiger partial charge in [0.1, 0.15) is 0 Å². The fourth-order valence-electron chi connectivity index (χ4n) is 3.02. The van der Waals surface area contributed by atoms with E-state index >= 15 is 0 Å². The van der Waals surface area contributed by atoms with Gasteiger partial charge in [0.15, 0.2) is 0 Å². The van der Waals surface area contributed by atoms with E-state index in [2.05, 4.69) is 89.5 Å². The third-order valence-electron chi connectivity index (χ3n) is 4.27. The lowest BCUT2D eigenvalue weighted by molar-refractivity contribution is 1.23. The Balaban J connectivity index is 1.78. The van der Waals surface area contributed by atoms with Gasteiger partial charge < -0.3 is 8.61 Å². The van der Waals surface area contributed by atoms with Crippen molar-refractivity contribution < 1.29 is 0 Å². The van der Waals surface area contributed by atoms with Crippen LogP contribution < -0.4 is 8.61 Å². The molecule has 0 aromatic heterocycles. The van der Waals surface area contributed by atoms with Crippen LogP contribution in [0.25, 0.3) is 5.57 Å². The van der Waals surface area contributed by atoms with Crippen molar-refractivity contribution in [1.29, 1.82) is 0 Å². The fourth-order valence-corrected chi connectivity index (χ4v) is 3.86. The van der Waals surface area contributed by atoms with Crippen LogP contribution in [0.3, 0.4) is 0 Å². The molecule has 0 amide bonds. The highest BCUT2D eigenvalue weighted by Gasteiger charge is 2.18. The van der Waals surface area contributed by atoms with Crippen molar-refractivity contribution in [3.8, 4) is 0 Å². The molecule has 0 aliphatic heterocycles. The molecule has 0 fully saturated rings. The van der Waals surface area contributed by atoms with Crippen LogP contribution in [0, 0.1) is 0 Å². The Morgan fingerprint density at radius 2 is 1.72 bits per heavy atom. The molecule has 0 radical (unpaired) electrons. The van der Waals surface area contributed by atoms with Crippen molar-refractivity contribution in [1.82, 2.24) is 0 Å². The predicted molar refractivity (Wildman–Crippen MR) is 113 cm³/mol. The molecular weight excluding hydrogens is 324 g/mol. The van der Waals surface area contributed by atoms with E-state index in [0.717, 1.165) is 6.42 Å². The second kappa shape index (κ2) is 8.13. The summed E-state index contributed by atoms with van der Waals surface area (Å²) in [6.45, 7) is 2.04. The Kier molecular flexibility index (Phi) is 5.67. The van der Waals surface area contributed by atoms with Gasteiger partial charge in [-0.2, -0.15) is 0 Å². The van der Waals surface area contributed by atoms with Crippen LogP contribution in [0.5, 0.6) is 0 Å². The molecule has 0 saturated carbocycles. The molecule has 0 saturated heterocycles. The summed E-state index contributed by atoms with van der Waals surface area (Å²) in [7, 11) is 4.23. The van der Waals surface area contributed by atoms with Crippen molar-refractivity contribution in [2.45, 2.75) is 13.3 Å². The van der Waals surface area contributed by atoms with E-state index < -0.39 is 0 Å². The molecule has 128 valence electrons. The molecule has 2 nitrogen and oxygen atoms in total. The second-order valence-electron chi connectivity index (χ2n) is 5.96. The number of anilines is 2. The summed E-state index contributed by atoms with van der Waals surface area (Å²) in [5.41, 5.74) is 6.52. The average Bonchev–Trinajstić information content (AvgIpc) is 3.06. The molecular formula is C22H24N2S. The van der Waals surface area contributed by atoms with Crippen molar-refractivity contribution in [2.75, 3.05) is 22.7 Å². The van der Waals surface area contributed by atoms with E-state index in [0.29, 0.717) is 0 Å². The standard InChI is InChI=1S/C22H24N2S/c1-4-5-7-11-18-16-17-21-20(18)14-10-15-22(21)24(3)25-23(2)19-12-8-6-9-13-19/h4-16H,17H2,1-3H3/b5-4-,11-7-. The van der Waals surface area contributed by atoms with E-state index in [1.54, 1.807) is 12.1 Å². The van der Waals surface area contributed by atoms with E-state index in [9.17, 15) is 0 Å². The molecule has 0 bridgehead atoms. The van der Waals surface area contributed by atoms with E-state index in [-0.39, 0.29) is 0 Å². The molecule has 0 N–H and O–H groups in total. The van der Waals surface area contributed by atoms with Gasteiger partial charge in [0.2, 0.25) is 0 Å². The van der Waals surface area contributed by atoms with Crippen LogP contribution in [0.15, 0.2) is 78.9 Å². The third-order valence-corrected chi connectivity index (χ3v) is 5.17. The normalized spacial score (nSPS) is 13.3. The summed E-state index contributed by atoms with van der Waals surface area (Å²) in [5.74, 6) is 0. The molecule has 2 aromatic carbocycles. The van der Waals surface area contributed by atoms with Gasteiger partial charge in [-0.15, -0.1) is 0 Å². The molecule has 3 heteroatoms. The van der Waals surface area contributed by atoms with Crippen LogP contribution >= 0.6 is 12.1 Å². The largest absolute Gasteiger partial charge is 0.302 e. The van der Waals surface area contributed by atoms with Crippen LogP contribution in [-0.4, -0.2) is 14.1 Å². The van der Waals surface area contributed by atoms with Gasteiger partial charge in [0.05, 0.1) is 17.8 Å². The molecule has 0 spiro atoms. The summed E-state index contributed by atoms with van der Waals surface area (Å²) >= 11 is 1.71. The van der Waals surface area contributed by atoms with Gasteiger partial charge in [-0.3, -0.25) is 0 Å². The minimum atomic E-state index is 0.987. The SMILES string of the molecule is C/C=C\C=C/C1=CCc2c1cccc2N(C)SN(C)c1ccccc1. The van der Waals surface area contributed by atoms with Gasteiger partial charge in [-0.1, -0.05) is 60.7 Å². The lowest BCUT2D eigenvalue weighted by Gasteiger charge is -2.27. The first kappa shape index (κ1) is 17.4. The number of benzene rings is 2. The summed E-state index contributed by atoms with van der Waals surface area (Å²) in [6.07, 6.45) is 11.7. The number of fused-ring (bicyclic) bond motifs is 1. The van der Waals surface area contributed by atoms with Gasteiger partial charge >= 0.3 is 0 Å². The highest BCUT2D eigenvalue weighted by atomic mass is 32.2. The van der Waals surface area contributed by atoms with E-state index in [1.165, 1.54) is 28.1 Å². The summed E-state index contributed by atoms with van der Waals surface area (Å²) in [4.78, 5) is 0. The van der Waals surface area contributed by atoms with Crippen LogP contribution in [0.2, 0.25) is 0 Å². The van der Waals surface area contributed by atoms with Gasteiger partial charge in [0, 0.05) is 19.8 Å². The minimum absolute atomic E-state index is 0.987. The molecule has 0 heterocycles. The van der Waals surface area contributed by atoms with Crippen LogP contribution in [-0.2, 0) is 6.42 Å². The Bertz CT molecular complexity index is 806. The quantitative estimate of drug-likeness (QED) is 0.474. The minimum Gasteiger partial charge on any atom is -0.302 e. The molecule has 1 aliphatic rings. The average molecular weight is 349 g/mol. The topological polar surface area (TPSA) is 6.48 Å². The Morgan fingerprint density at radius 3 is 2.48 bits per heavy atom. The summed E-state index contributed by atoms with van der Waals surface area (Å²) in [6, 6.07) is 17.0. The third kappa shape index (κ3) is 3.99. The second-order valence-corrected chi connectivity index (χ2v) is 7.22. The molecule has 3 rings (SSSR count). The Morgan fingerprint density at radius 1 is 0.920 bits per heavy atom. The van der Waals surface area contributed by atoms with E-state index in [4.69, 9.17) is 0 Å². The van der Waals surface area contributed by atoms with Crippen molar-refractivity contribution in [3.63, 3.8) is 0 Å². The molecule has 0 atom stereocenters. The number of nitrogens with zero attached hydrogens (tertiary/aromatic N) is 2. The lowest BCUT2D eigenvalue weighted by atomic mass is 10.0. The van der Waals surface area contributed by atoms with Crippen LogP contribution in [0.4, 0.5) is 11.4 Å². The molecule has 1 aliphatic carbocycles. The number of hydrogen-bond donors (Lipinski definition) is 0. The van der Waals surface area contributed by atoms with Crippen LogP contribution in [0.1, 0.15) is 18.1 Å². The monoisotopic (exact) mass is 348 g/mol. The summed E-state index contributed by atoms with van der Waals surface area (Å²) < 4.78 is 4.44. The van der Waals surface area contributed by atoms with Gasteiger partial charge in [-0.25, -0.2) is 0 Å². The highest BCUT2D eigenvalue weighted by Crippen LogP contribution is 2.37. The maximum absolute atomic E-state index is 2.31. The number of hydrogen-bond acceptors (Lipinski definition) is 3. The first-order valence-electron chi connectivity index (χ1n) is 8.53. The zero-order valence-corrected chi connectivity index (χ0v) is 15.8. The lowest BCUT2D eigenvalue weighted by Crippen LogP contribution is -2.19. The number of allylic oxidation sites excluding steroid dienone is 6. The smallest absolute Gasteiger partial charge is 0.0708 e. The zero-order valence-electron chi connectivity index (χ0n) is 15.0. The maximum Gasteiger partial charge on any atom is 0.0708 e. The van der Waals surface area contributed by atoms with Crippen molar-refractivity contribution in [3.05, 3.63) is 90.0 Å². The Hall–Kier alpha value is -2.39. The van der Waals surface area contributed by atoms with E-state index in [1.807, 2.05) is 19.1 Å². The van der Waals surface area contributed by atoms with Crippen molar-refractivity contribution in [2.24, 2.45) is 0 Å². The van der Waals surface area contributed by atoms with Gasteiger partial charge in [-0.05, 0) is 48.2 Å². The number of para-hydroxylation sites is 1. The highest BCUT2D eigenvalue weighted by molar-refractivity contribution is 8.01. The fraction of sp³-hybridized carbons (Fsp3) is 0.182. The number of rotatable bonds is 6. The molecule has 0 unspecified atom stereocenters. The first-order valence-corrected chi connectivity index (χ1v) is 9.26. The molecule has 2 aromatic rings. The first-order chi connectivity index (χ1) is 12.2. The predicted octanol–water partition coefficient (Wildman–Crippen LogP) is 5.89. The van der Waals surface area contributed by atoms with Gasteiger partial charge in [0.25, 0.3) is 0 Å². The zero-order chi connectivity index (χ0) is 17.6. The van der Waals surface area contributed by atoms with Crippen molar-refractivity contribution >= 4 is 29.1 Å². The molecule has 25 heavy (non-hydrogen) atoms. The Labute approximate surface area is 155 Å². The summed E-state index contributed by atoms with van der Waals surface area (Å²) in [5, 5.41) is 0. The maximum atomic E-state index is 2.31.